The summed E-state index contributed by atoms with van der Waals surface area (Å²) in [6, 6.07) is 11.0. The molecule has 0 saturated heterocycles. The molecule has 1 fully saturated rings. The smallest absolute Gasteiger partial charge is 0.251 e. The SMILES string of the molecule is O=C(NCc1cccnc1)c1ccc(CNC(=O)C2CC2)cc1. The molecule has 5 heteroatoms. The van der Waals surface area contributed by atoms with E-state index in [2.05, 4.69) is 15.6 Å². The number of amides is 2. The summed E-state index contributed by atoms with van der Waals surface area (Å²) in [6.45, 7) is 0.957. The van der Waals surface area contributed by atoms with E-state index in [9.17, 15) is 9.59 Å². The van der Waals surface area contributed by atoms with E-state index in [1.165, 1.54) is 0 Å². The van der Waals surface area contributed by atoms with Crippen molar-refractivity contribution in [3.05, 3.63) is 65.5 Å². The van der Waals surface area contributed by atoms with Crippen LogP contribution in [0.25, 0.3) is 0 Å². The molecular formula is C18H19N3O2. The summed E-state index contributed by atoms with van der Waals surface area (Å²) in [5.41, 5.74) is 2.55. The molecule has 0 radical (unpaired) electrons. The first kappa shape index (κ1) is 15.2. The second kappa shape index (κ2) is 7.05. The first-order valence-electron chi connectivity index (χ1n) is 7.76. The predicted octanol–water partition coefficient (Wildman–Crippen LogP) is 2.04. The molecular weight excluding hydrogens is 290 g/mol. The fraction of sp³-hybridized carbons (Fsp3) is 0.278. The van der Waals surface area contributed by atoms with Crippen LogP contribution in [0.1, 0.15) is 34.3 Å². The van der Waals surface area contributed by atoms with Crippen molar-refractivity contribution in [3.63, 3.8) is 0 Å². The Morgan fingerprint density at radius 2 is 1.74 bits per heavy atom. The molecule has 0 bridgehead atoms. The molecule has 0 unspecified atom stereocenters. The van der Waals surface area contributed by atoms with E-state index in [-0.39, 0.29) is 17.7 Å². The van der Waals surface area contributed by atoms with Gasteiger partial charge in [-0.25, -0.2) is 0 Å². The van der Waals surface area contributed by atoms with E-state index < -0.39 is 0 Å². The van der Waals surface area contributed by atoms with E-state index in [1.54, 1.807) is 24.5 Å². The summed E-state index contributed by atoms with van der Waals surface area (Å²) in [5.74, 6) is 0.221. The Labute approximate surface area is 135 Å². The van der Waals surface area contributed by atoms with E-state index in [0.717, 1.165) is 24.0 Å². The standard InChI is InChI=1S/C18H19N3O2/c22-17(21-12-14-2-1-9-19-10-14)15-5-3-13(4-6-15)11-20-18(23)16-7-8-16/h1-6,9-10,16H,7-8,11-12H2,(H,20,23)(H,21,22). The molecule has 118 valence electrons. The summed E-state index contributed by atoms with van der Waals surface area (Å²) in [7, 11) is 0. The molecule has 1 aliphatic carbocycles. The average molecular weight is 309 g/mol. The largest absolute Gasteiger partial charge is 0.352 e. The Balaban J connectivity index is 1.49. The van der Waals surface area contributed by atoms with E-state index in [0.29, 0.717) is 18.7 Å². The molecule has 1 aromatic heterocycles. The lowest BCUT2D eigenvalue weighted by molar-refractivity contribution is -0.122. The van der Waals surface area contributed by atoms with Crippen LogP contribution in [0, 0.1) is 5.92 Å². The van der Waals surface area contributed by atoms with Crippen LogP contribution in [0.4, 0.5) is 0 Å². The van der Waals surface area contributed by atoms with Crippen molar-refractivity contribution < 1.29 is 9.59 Å². The Morgan fingerprint density at radius 3 is 2.39 bits per heavy atom. The van der Waals surface area contributed by atoms with Crippen LogP contribution in [-0.4, -0.2) is 16.8 Å². The third-order valence-corrected chi connectivity index (χ3v) is 3.81. The van der Waals surface area contributed by atoms with Crippen LogP contribution in [0.3, 0.4) is 0 Å². The minimum Gasteiger partial charge on any atom is -0.352 e. The topological polar surface area (TPSA) is 71.1 Å². The highest BCUT2D eigenvalue weighted by Crippen LogP contribution is 2.28. The van der Waals surface area contributed by atoms with Crippen LogP contribution < -0.4 is 10.6 Å². The molecule has 1 heterocycles. The van der Waals surface area contributed by atoms with Gasteiger partial charge in [-0.3, -0.25) is 14.6 Å². The number of hydrogen-bond acceptors (Lipinski definition) is 3. The van der Waals surface area contributed by atoms with Crippen LogP contribution in [0.2, 0.25) is 0 Å². The first-order valence-corrected chi connectivity index (χ1v) is 7.76. The molecule has 1 aromatic carbocycles. The van der Waals surface area contributed by atoms with E-state index in [1.807, 2.05) is 24.3 Å². The molecule has 2 aromatic rings. The molecule has 2 N–H and O–H groups in total. The maximum atomic E-state index is 12.1. The summed E-state index contributed by atoms with van der Waals surface area (Å²) < 4.78 is 0. The molecule has 5 nitrogen and oxygen atoms in total. The summed E-state index contributed by atoms with van der Waals surface area (Å²) in [6.07, 6.45) is 5.43. The molecule has 0 atom stereocenters. The van der Waals surface area contributed by atoms with Crippen molar-refractivity contribution in [2.24, 2.45) is 5.92 Å². The molecule has 0 spiro atoms. The molecule has 0 aliphatic heterocycles. The lowest BCUT2D eigenvalue weighted by Gasteiger charge is -2.07. The number of carbonyl (C=O) groups excluding carboxylic acids is 2. The fourth-order valence-corrected chi connectivity index (χ4v) is 2.24. The zero-order valence-corrected chi connectivity index (χ0v) is 12.8. The summed E-state index contributed by atoms with van der Waals surface area (Å²) >= 11 is 0. The zero-order valence-electron chi connectivity index (χ0n) is 12.8. The molecule has 1 aliphatic rings. The van der Waals surface area contributed by atoms with Gasteiger partial charge in [0.1, 0.15) is 0 Å². The number of rotatable bonds is 6. The van der Waals surface area contributed by atoms with Crippen molar-refractivity contribution >= 4 is 11.8 Å². The number of carbonyl (C=O) groups is 2. The van der Waals surface area contributed by atoms with Gasteiger partial charge in [-0.1, -0.05) is 18.2 Å². The number of hydrogen-bond donors (Lipinski definition) is 2. The number of pyridine rings is 1. The number of benzene rings is 1. The van der Waals surface area contributed by atoms with Gasteiger partial charge in [-0.2, -0.15) is 0 Å². The van der Waals surface area contributed by atoms with Crippen LogP contribution in [0.15, 0.2) is 48.8 Å². The van der Waals surface area contributed by atoms with Gasteiger partial charge >= 0.3 is 0 Å². The highest BCUT2D eigenvalue weighted by molar-refractivity contribution is 5.94. The number of nitrogens with zero attached hydrogens (tertiary/aromatic N) is 1. The van der Waals surface area contributed by atoms with E-state index >= 15 is 0 Å². The van der Waals surface area contributed by atoms with Crippen molar-refractivity contribution in [3.8, 4) is 0 Å². The lowest BCUT2D eigenvalue weighted by atomic mass is 10.1. The third-order valence-electron chi connectivity index (χ3n) is 3.81. The minimum atomic E-state index is -0.123. The minimum absolute atomic E-state index is 0.123. The Morgan fingerprint density at radius 1 is 1.00 bits per heavy atom. The zero-order chi connectivity index (χ0) is 16.1. The van der Waals surface area contributed by atoms with Crippen molar-refractivity contribution in [1.29, 1.82) is 0 Å². The van der Waals surface area contributed by atoms with Crippen LogP contribution in [0.5, 0.6) is 0 Å². The Hall–Kier alpha value is -2.69. The van der Waals surface area contributed by atoms with Crippen molar-refractivity contribution in [2.45, 2.75) is 25.9 Å². The first-order chi connectivity index (χ1) is 11.2. The average Bonchev–Trinajstić information content (AvgIpc) is 3.44. The second-order valence-electron chi connectivity index (χ2n) is 5.73. The maximum Gasteiger partial charge on any atom is 0.251 e. The normalized spacial score (nSPS) is 13.4. The van der Waals surface area contributed by atoms with Gasteiger partial charge in [0.2, 0.25) is 5.91 Å². The monoisotopic (exact) mass is 309 g/mol. The number of aromatic nitrogens is 1. The van der Waals surface area contributed by atoms with E-state index in [4.69, 9.17) is 0 Å². The molecule has 2 amide bonds. The van der Waals surface area contributed by atoms with Gasteiger partial charge in [-0.05, 0) is 42.2 Å². The number of nitrogens with one attached hydrogen (secondary N) is 2. The van der Waals surface area contributed by atoms with Gasteiger partial charge in [0, 0.05) is 37.0 Å². The van der Waals surface area contributed by atoms with Crippen molar-refractivity contribution in [2.75, 3.05) is 0 Å². The van der Waals surface area contributed by atoms with Crippen LogP contribution >= 0.6 is 0 Å². The highest BCUT2D eigenvalue weighted by Gasteiger charge is 2.29. The Bertz CT molecular complexity index is 679. The molecule has 23 heavy (non-hydrogen) atoms. The van der Waals surface area contributed by atoms with Crippen molar-refractivity contribution in [1.82, 2.24) is 15.6 Å². The third kappa shape index (κ3) is 4.39. The maximum absolute atomic E-state index is 12.1. The van der Waals surface area contributed by atoms with Gasteiger partial charge in [0.25, 0.3) is 5.91 Å². The van der Waals surface area contributed by atoms with Gasteiger partial charge in [0.15, 0.2) is 0 Å². The van der Waals surface area contributed by atoms with Gasteiger partial charge < -0.3 is 10.6 Å². The van der Waals surface area contributed by atoms with Gasteiger partial charge in [-0.15, -0.1) is 0 Å². The van der Waals surface area contributed by atoms with Gasteiger partial charge in [0.05, 0.1) is 0 Å². The summed E-state index contributed by atoms with van der Waals surface area (Å²) in [4.78, 5) is 27.7. The highest BCUT2D eigenvalue weighted by atomic mass is 16.2. The second-order valence-corrected chi connectivity index (χ2v) is 5.73. The molecule has 1 saturated carbocycles. The molecule has 3 rings (SSSR count). The lowest BCUT2D eigenvalue weighted by Crippen LogP contribution is -2.24. The predicted molar refractivity (Wildman–Crippen MR) is 86.4 cm³/mol. The summed E-state index contributed by atoms with van der Waals surface area (Å²) in [5, 5.41) is 5.77. The Kier molecular flexibility index (Phi) is 4.66. The van der Waals surface area contributed by atoms with Crippen LogP contribution in [-0.2, 0) is 17.9 Å². The fourth-order valence-electron chi connectivity index (χ4n) is 2.24. The quantitative estimate of drug-likeness (QED) is 0.858.